The van der Waals surface area contributed by atoms with Crippen molar-refractivity contribution in [3.63, 3.8) is 0 Å². The minimum Gasteiger partial charge on any atom is -0.390 e. The highest BCUT2D eigenvalue weighted by Gasteiger charge is 2.24. The summed E-state index contributed by atoms with van der Waals surface area (Å²) in [4.78, 5) is 29.4. The molecule has 2 aromatic rings. The van der Waals surface area contributed by atoms with Crippen LogP contribution < -0.4 is 10.6 Å². The third kappa shape index (κ3) is 9.74. The number of hydrogen-bond acceptors (Lipinski definition) is 5. The lowest BCUT2D eigenvalue weighted by molar-refractivity contribution is 0.0755. The molecule has 194 valence electrons. The number of aryl methyl sites for hydroxylation is 1. The zero-order valence-electron chi connectivity index (χ0n) is 22.0. The van der Waals surface area contributed by atoms with Crippen molar-refractivity contribution in [3.05, 3.63) is 57.3 Å². The quantitative estimate of drug-likeness (QED) is 0.310. The Morgan fingerprint density at radius 2 is 1.77 bits per heavy atom. The summed E-state index contributed by atoms with van der Waals surface area (Å²) in [5.41, 5.74) is 1.83. The van der Waals surface area contributed by atoms with Gasteiger partial charge in [-0.15, -0.1) is 11.3 Å². The summed E-state index contributed by atoms with van der Waals surface area (Å²) in [5, 5.41) is 19.3. The lowest BCUT2D eigenvalue weighted by Gasteiger charge is -2.25. The molecule has 1 aromatic heterocycles. The van der Waals surface area contributed by atoms with Crippen LogP contribution in [0, 0.1) is 12.8 Å². The zero-order chi connectivity index (χ0) is 25.8. The van der Waals surface area contributed by atoms with Gasteiger partial charge in [-0.1, -0.05) is 33.8 Å². The third-order valence-electron chi connectivity index (χ3n) is 5.89. The molecule has 2 rings (SSSR count). The molecule has 0 saturated carbocycles. The summed E-state index contributed by atoms with van der Waals surface area (Å²) >= 11 is 1.61. The number of carbonyl (C=O) groups is 2. The molecule has 2 atom stereocenters. The fourth-order valence-corrected chi connectivity index (χ4v) is 4.80. The fraction of sp³-hybridized carbons (Fsp3) is 0.571. The number of nitrogens with one attached hydrogen (secondary N) is 2. The van der Waals surface area contributed by atoms with E-state index in [1.165, 1.54) is 0 Å². The monoisotopic (exact) mass is 501 g/mol. The van der Waals surface area contributed by atoms with E-state index in [0.29, 0.717) is 43.1 Å². The molecule has 7 heteroatoms. The first kappa shape index (κ1) is 29.0. The van der Waals surface area contributed by atoms with E-state index in [4.69, 9.17) is 0 Å². The van der Waals surface area contributed by atoms with E-state index in [1.54, 1.807) is 23.5 Å². The summed E-state index contributed by atoms with van der Waals surface area (Å²) < 4.78 is 0. The summed E-state index contributed by atoms with van der Waals surface area (Å²) in [6.07, 6.45) is 2.62. The van der Waals surface area contributed by atoms with Gasteiger partial charge in [-0.05, 0) is 73.9 Å². The first-order valence-electron chi connectivity index (χ1n) is 12.9. The predicted octanol–water partition coefficient (Wildman–Crippen LogP) is 4.66. The van der Waals surface area contributed by atoms with Crippen molar-refractivity contribution in [3.8, 4) is 0 Å². The minimum absolute atomic E-state index is 0.0454. The Balaban J connectivity index is 2.17. The van der Waals surface area contributed by atoms with Crippen LogP contribution in [0.2, 0.25) is 0 Å². The van der Waals surface area contributed by atoms with Gasteiger partial charge < -0.3 is 20.6 Å². The lowest BCUT2D eigenvalue weighted by atomic mass is 10.0. The Morgan fingerprint density at radius 1 is 1.09 bits per heavy atom. The summed E-state index contributed by atoms with van der Waals surface area (Å²) in [6, 6.07) is 8.87. The highest BCUT2D eigenvalue weighted by molar-refractivity contribution is 7.09. The van der Waals surface area contributed by atoms with E-state index in [9.17, 15) is 14.7 Å². The molecule has 0 radical (unpaired) electrons. The molecular weight excluding hydrogens is 458 g/mol. The zero-order valence-corrected chi connectivity index (χ0v) is 22.8. The second-order valence-corrected chi connectivity index (χ2v) is 10.7. The van der Waals surface area contributed by atoms with E-state index < -0.39 is 12.1 Å². The Bertz CT molecular complexity index is 908. The summed E-state index contributed by atoms with van der Waals surface area (Å²) in [7, 11) is 0. The van der Waals surface area contributed by atoms with Gasteiger partial charge in [0.2, 0.25) is 0 Å². The van der Waals surface area contributed by atoms with Gasteiger partial charge in [-0.3, -0.25) is 9.59 Å². The number of carbonyl (C=O) groups excluding carboxylic acids is 2. The molecule has 1 aromatic carbocycles. The minimum atomic E-state index is -0.733. The summed E-state index contributed by atoms with van der Waals surface area (Å²) in [6.45, 7) is 13.0. The van der Waals surface area contributed by atoms with Crippen molar-refractivity contribution in [2.75, 3.05) is 26.2 Å². The summed E-state index contributed by atoms with van der Waals surface area (Å²) in [5.74, 6) is 0.268. The maximum atomic E-state index is 13.3. The molecule has 6 nitrogen and oxygen atoms in total. The SMILES string of the molecule is CCCN(CCC)C(=O)c1cc(C)cc(C(=O)N[C@@H](Cc2cccs2)[C@H](O)CNCCC(C)C)c1. The Kier molecular flexibility index (Phi) is 12.4. The van der Waals surface area contributed by atoms with Crippen molar-refractivity contribution in [2.45, 2.75) is 72.4 Å². The predicted molar refractivity (Wildman–Crippen MR) is 145 cm³/mol. The Hall–Kier alpha value is -2.22. The molecule has 3 N–H and O–H groups in total. The molecule has 35 heavy (non-hydrogen) atoms. The normalized spacial score (nSPS) is 13.0. The largest absolute Gasteiger partial charge is 0.390 e. The molecule has 0 spiro atoms. The van der Waals surface area contributed by atoms with Crippen molar-refractivity contribution < 1.29 is 14.7 Å². The maximum absolute atomic E-state index is 13.3. The maximum Gasteiger partial charge on any atom is 0.253 e. The molecule has 0 aliphatic rings. The topological polar surface area (TPSA) is 81.7 Å². The Labute approximate surface area is 215 Å². The molecule has 2 amide bonds. The van der Waals surface area contributed by atoms with Crippen molar-refractivity contribution in [1.29, 1.82) is 0 Å². The Morgan fingerprint density at radius 3 is 2.37 bits per heavy atom. The molecule has 0 unspecified atom stereocenters. The smallest absolute Gasteiger partial charge is 0.253 e. The van der Waals surface area contributed by atoms with Gasteiger partial charge >= 0.3 is 0 Å². The van der Waals surface area contributed by atoms with Crippen LogP contribution in [0.25, 0.3) is 0 Å². The van der Waals surface area contributed by atoms with Crippen molar-refractivity contribution in [1.82, 2.24) is 15.5 Å². The van der Waals surface area contributed by atoms with Crippen LogP contribution in [0.3, 0.4) is 0 Å². The number of amides is 2. The van der Waals surface area contributed by atoms with Crippen LogP contribution in [-0.4, -0.2) is 60.1 Å². The fourth-order valence-electron chi connectivity index (χ4n) is 4.04. The van der Waals surface area contributed by atoms with Crippen molar-refractivity contribution >= 4 is 23.2 Å². The molecule has 0 bridgehead atoms. The second-order valence-electron chi connectivity index (χ2n) is 9.70. The number of nitrogens with zero attached hydrogens (tertiary/aromatic N) is 1. The van der Waals surface area contributed by atoms with Crippen LogP contribution in [0.15, 0.2) is 35.7 Å². The number of benzene rings is 1. The van der Waals surface area contributed by atoms with E-state index in [-0.39, 0.29) is 11.8 Å². The van der Waals surface area contributed by atoms with Crippen molar-refractivity contribution in [2.24, 2.45) is 5.92 Å². The lowest BCUT2D eigenvalue weighted by Crippen LogP contribution is -2.48. The van der Waals surface area contributed by atoms with E-state index in [2.05, 4.69) is 38.3 Å². The van der Waals surface area contributed by atoms with Crippen LogP contribution in [0.1, 0.15) is 78.1 Å². The highest BCUT2D eigenvalue weighted by Crippen LogP contribution is 2.16. The average molecular weight is 502 g/mol. The molecular formula is C28H43N3O3S. The van der Waals surface area contributed by atoms with Gasteiger partial charge in [0, 0.05) is 42.1 Å². The second kappa shape index (κ2) is 15.0. The van der Waals surface area contributed by atoms with Crippen LogP contribution >= 0.6 is 11.3 Å². The molecule has 0 aliphatic heterocycles. The average Bonchev–Trinajstić information content (AvgIpc) is 3.33. The van der Waals surface area contributed by atoms with E-state index in [0.717, 1.165) is 36.2 Å². The third-order valence-corrected chi connectivity index (χ3v) is 6.79. The van der Waals surface area contributed by atoms with Gasteiger partial charge in [0.25, 0.3) is 11.8 Å². The standard InChI is InChI=1S/C28H43N3O3S/c1-6-12-31(13-7-2)28(34)23-16-21(5)15-22(17-23)27(33)30-25(18-24-9-8-14-35-24)26(32)19-29-11-10-20(3)4/h8-9,14-17,20,25-26,29,32H,6-7,10-13,18-19H2,1-5H3,(H,30,33)/t25-,26+/m0/s1. The molecule has 0 saturated heterocycles. The van der Waals surface area contributed by atoms with Crippen LogP contribution in [0.5, 0.6) is 0 Å². The molecule has 0 fully saturated rings. The van der Waals surface area contributed by atoms with E-state index >= 15 is 0 Å². The molecule has 1 heterocycles. The number of thiophene rings is 1. The van der Waals surface area contributed by atoms with Gasteiger partial charge in [0.15, 0.2) is 0 Å². The van der Waals surface area contributed by atoms with E-state index in [1.807, 2.05) is 35.4 Å². The van der Waals surface area contributed by atoms with Crippen LogP contribution in [0.4, 0.5) is 0 Å². The first-order chi connectivity index (χ1) is 16.7. The number of rotatable bonds is 15. The number of aliphatic hydroxyl groups excluding tert-OH is 1. The molecule has 0 aliphatic carbocycles. The van der Waals surface area contributed by atoms with Gasteiger partial charge in [-0.2, -0.15) is 0 Å². The highest BCUT2D eigenvalue weighted by atomic mass is 32.1. The van der Waals surface area contributed by atoms with Gasteiger partial charge in [0.05, 0.1) is 12.1 Å². The first-order valence-corrected chi connectivity index (χ1v) is 13.8. The number of aliphatic hydroxyl groups is 1. The van der Waals surface area contributed by atoms with Gasteiger partial charge in [-0.25, -0.2) is 0 Å². The van der Waals surface area contributed by atoms with Gasteiger partial charge in [0.1, 0.15) is 0 Å². The van der Waals surface area contributed by atoms with Crippen LogP contribution in [-0.2, 0) is 6.42 Å². The number of hydrogen-bond donors (Lipinski definition) is 3.